The maximum Gasteiger partial charge on any atom is 0.187 e. The Morgan fingerprint density at radius 3 is 2.78 bits per heavy atom. The number of hydrogen-bond donors (Lipinski definition) is 5. The summed E-state index contributed by atoms with van der Waals surface area (Å²) in [5.41, 5.74) is 14.7. The van der Waals surface area contributed by atoms with Gasteiger partial charge in [0.15, 0.2) is 17.7 Å². The number of carbonyl (C=O) groups is 1. The molecule has 2 aromatic carbocycles. The van der Waals surface area contributed by atoms with Gasteiger partial charge in [-0.2, -0.15) is 0 Å². The number of hydrogen-bond acceptors (Lipinski definition) is 10. The number of fused-ring (bicyclic) bond motifs is 6. The highest BCUT2D eigenvalue weighted by molar-refractivity contribution is 5.89. The van der Waals surface area contributed by atoms with Crippen molar-refractivity contribution < 1.29 is 29.6 Å². The van der Waals surface area contributed by atoms with E-state index in [9.17, 15) is 20.1 Å². The van der Waals surface area contributed by atoms with Gasteiger partial charge in [-0.3, -0.25) is 15.1 Å². The van der Waals surface area contributed by atoms with Gasteiger partial charge in [0.25, 0.3) is 0 Å². The van der Waals surface area contributed by atoms with Crippen molar-refractivity contribution in [3.8, 4) is 35.4 Å². The van der Waals surface area contributed by atoms with Crippen molar-refractivity contribution in [1.82, 2.24) is 10.2 Å². The molecule has 8 aliphatic rings. The summed E-state index contributed by atoms with van der Waals surface area (Å²) < 4.78 is 13.3. The van der Waals surface area contributed by atoms with E-state index in [4.69, 9.17) is 20.2 Å². The first-order chi connectivity index (χ1) is 28.2. The van der Waals surface area contributed by atoms with E-state index in [2.05, 4.69) is 46.4 Å². The molecular formula is C48H52N4O6. The zero-order valence-corrected chi connectivity index (χ0v) is 33.0. The lowest BCUT2D eigenvalue weighted by Crippen LogP contribution is -2.47. The second kappa shape index (κ2) is 14.9. The van der Waals surface area contributed by atoms with Crippen molar-refractivity contribution in [3.63, 3.8) is 0 Å². The highest BCUT2D eigenvalue weighted by Crippen LogP contribution is 2.53. The summed E-state index contributed by atoms with van der Waals surface area (Å²) in [5.74, 6) is 11.2. The standard InChI is InChI=1S/C48H52N4O6/c1-27-4-9-32(40(55)20-27)41(56)22-30(53)8-5-28-6-15-42-43(21-28)58-47-37(48(18-19-57-42)16-2-3-17-48)13-14-39(54)33-11-12-34-44-29(23-51-46(34)49)7-10-31(45(33)44)35-24-50-38-26-52(47)25-36(35)38/h4,6,9,11-12,15,21,24,26-27,29,31-32,37,39-41,46-47,51,54-56H,2-3,5,7-8,10,16-17,20,22-23,25,49H2,1H3/t27-,29-,31-,32-,37-,39-,40-,41-,46+,47+/m0/s1. The van der Waals surface area contributed by atoms with E-state index in [1.165, 1.54) is 22.3 Å². The van der Waals surface area contributed by atoms with E-state index in [1.807, 2.05) is 49.6 Å². The first-order valence-electron chi connectivity index (χ1n) is 21.3. The number of nitrogens with zero attached hydrogens (tertiary/aromatic N) is 2. The van der Waals surface area contributed by atoms with Crippen molar-refractivity contribution in [3.05, 3.63) is 93.3 Å². The van der Waals surface area contributed by atoms with Crippen molar-refractivity contribution >= 4 is 12.0 Å². The molecule has 0 aromatic heterocycles. The fraction of sp³-hybridized carbons (Fsp3) is 0.500. The van der Waals surface area contributed by atoms with Gasteiger partial charge in [-0.05, 0) is 95.9 Å². The number of rotatable bonds is 6. The monoisotopic (exact) mass is 780 g/mol. The number of nitrogens with one attached hydrogen (secondary N) is 1. The fourth-order valence-electron chi connectivity index (χ4n) is 11.1. The third kappa shape index (κ3) is 6.51. The summed E-state index contributed by atoms with van der Waals surface area (Å²) in [4.78, 5) is 20.4. The van der Waals surface area contributed by atoms with Gasteiger partial charge in [-0.1, -0.05) is 67.9 Å². The minimum atomic E-state index is -1.03. The number of aliphatic hydroxyl groups is 3. The first kappa shape index (κ1) is 37.6. The molecule has 2 aromatic rings. The summed E-state index contributed by atoms with van der Waals surface area (Å²) in [6.07, 6.45) is 14.5. The lowest BCUT2D eigenvalue weighted by Gasteiger charge is -2.41. The zero-order valence-electron chi connectivity index (χ0n) is 33.0. The molecule has 10 rings (SSSR count). The average molecular weight is 781 g/mol. The largest absolute Gasteiger partial charge is 0.465 e. The molecule has 0 amide bonds. The minimum absolute atomic E-state index is 0.0139. The van der Waals surface area contributed by atoms with E-state index in [-0.39, 0.29) is 36.6 Å². The quantitative estimate of drug-likeness (QED) is 0.188. The van der Waals surface area contributed by atoms with Gasteiger partial charge in [-0.15, -0.1) is 0 Å². The number of carbonyl (C=O) groups excluding carboxylic acids is 1. The van der Waals surface area contributed by atoms with Gasteiger partial charge in [0.1, 0.15) is 18.0 Å². The number of benzene rings is 2. The molecule has 10 nitrogen and oxygen atoms in total. The predicted molar refractivity (Wildman–Crippen MR) is 219 cm³/mol. The van der Waals surface area contributed by atoms with Crippen LogP contribution >= 0.6 is 0 Å². The SMILES string of the molecule is C[C@H]1C=C[C@H]([C@@H](O)CC(=O)CCc2ccc3c(c2)O[C@@H]2[C@H](C#C[C@H](O)c4ccc5c6c4[C@@H](CC[C@H]6CN[C@H]5N)C4=C5CN2C=C5N=C4)C2(C#CO3)CCCC2)[C@@H](O)C1. The molecule has 10 atom stereocenters. The molecule has 5 heterocycles. The molecule has 1 saturated carbocycles. The molecule has 300 valence electrons. The Morgan fingerprint density at radius 1 is 1.09 bits per heavy atom. The van der Waals surface area contributed by atoms with Crippen molar-refractivity contribution in [2.24, 2.45) is 33.9 Å². The molecule has 1 spiro atoms. The molecule has 1 fully saturated rings. The van der Waals surface area contributed by atoms with Gasteiger partial charge >= 0.3 is 0 Å². The van der Waals surface area contributed by atoms with Crippen LogP contribution in [-0.2, 0) is 11.2 Å². The number of aryl methyl sites for hydroxylation is 1. The molecule has 5 aliphatic heterocycles. The average Bonchev–Trinajstić information content (AvgIpc) is 3.96. The van der Waals surface area contributed by atoms with Crippen LogP contribution in [0.25, 0.3) is 0 Å². The van der Waals surface area contributed by atoms with Crippen LogP contribution in [0.4, 0.5) is 0 Å². The molecular weight excluding hydrogens is 729 g/mol. The number of ketones is 1. The third-order valence-corrected chi connectivity index (χ3v) is 14.2. The zero-order chi connectivity index (χ0) is 39.7. The Hall–Kier alpha value is -4.68. The molecule has 0 radical (unpaired) electrons. The smallest absolute Gasteiger partial charge is 0.187 e. The van der Waals surface area contributed by atoms with Crippen LogP contribution in [0.5, 0.6) is 11.5 Å². The summed E-state index contributed by atoms with van der Waals surface area (Å²) >= 11 is 0. The number of ether oxygens (including phenoxy) is 2. The lowest BCUT2D eigenvalue weighted by molar-refractivity contribution is -0.122. The maximum atomic E-state index is 13.2. The number of nitrogens with two attached hydrogens (primary N) is 1. The van der Waals surface area contributed by atoms with Crippen LogP contribution in [0.2, 0.25) is 0 Å². The topological polar surface area (TPSA) is 150 Å². The Labute approximate surface area is 340 Å². The minimum Gasteiger partial charge on any atom is -0.465 e. The van der Waals surface area contributed by atoms with E-state index < -0.39 is 41.8 Å². The molecule has 10 heteroatoms. The Morgan fingerprint density at radius 2 is 1.93 bits per heavy atom. The van der Waals surface area contributed by atoms with Gasteiger partial charge in [0.2, 0.25) is 0 Å². The second-order valence-electron chi connectivity index (χ2n) is 17.9. The number of aliphatic hydroxyl groups excluding tert-OH is 3. The predicted octanol–water partition coefficient (Wildman–Crippen LogP) is 5.56. The highest BCUT2D eigenvalue weighted by Gasteiger charge is 2.49. The van der Waals surface area contributed by atoms with E-state index in [0.29, 0.717) is 36.8 Å². The molecule has 6 N–H and O–H groups in total. The van der Waals surface area contributed by atoms with Gasteiger partial charge < -0.3 is 35.4 Å². The molecule has 0 unspecified atom stereocenters. The normalized spacial score (nSPS) is 32.5. The molecule has 2 bridgehead atoms. The van der Waals surface area contributed by atoms with Crippen molar-refractivity contribution in [2.45, 2.75) is 114 Å². The van der Waals surface area contributed by atoms with Crippen LogP contribution in [0.3, 0.4) is 0 Å². The fourth-order valence-corrected chi connectivity index (χ4v) is 11.1. The maximum absolute atomic E-state index is 13.2. The summed E-state index contributed by atoms with van der Waals surface area (Å²) in [6, 6.07) is 9.83. The molecule has 3 aliphatic carbocycles. The number of Topliss-reactive ketones (excluding diaryl/α,β-unsaturated/α-hetero) is 1. The Kier molecular flexibility index (Phi) is 9.62. The van der Waals surface area contributed by atoms with Gasteiger partial charge in [-0.25, -0.2) is 0 Å². The molecule has 58 heavy (non-hydrogen) atoms. The number of aliphatic imine (C=N–C) groups is 1. The van der Waals surface area contributed by atoms with Gasteiger partial charge in [0.05, 0.1) is 35.4 Å². The van der Waals surface area contributed by atoms with Crippen LogP contribution in [0, 0.1) is 47.0 Å². The summed E-state index contributed by atoms with van der Waals surface area (Å²) in [6.45, 7) is 3.44. The van der Waals surface area contributed by atoms with Crippen LogP contribution < -0.4 is 20.5 Å². The lowest BCUT2D eigenvalue weighted by atomic mass is 9.68. The van der Waals surface area contributed by atoms with Crippen LogP contribution in [0.1, 0.15) is 117 Å². The third-order valence-electron chi connectivity index (χ3n) is 14.2. The second-order valence-corrected chi connectivity index (χ2v) is 17.9. The van der Waals surface area contributed by atoms with Crippen LogP contribution in [0.15, 0.2) is 70.5 Å². The summed E-state index contributed by atoms with van der Waals surface area (Å²) in [5, 5.41) is 37.0. The van der Waals surface area contributed by atoms with E-state index in [1.54, 1.807) is 0 Å². The highest BCUT2D eigenvalue weighted by atomic mass is 16.5. The van der Waals surface area contributed by atoms with Crippen molar-refractivity contribution in [1.29, 1.82) is 0 Å². The van der Waals surface area contributed by atoms with E-state index >= 15 is 0 Å². The first-order valence-corrected chi connectivity index (χ1v) is 21.3. The Bertz CT molecular complexity index is 2280. The Balaban J connectivity index is 1.00. The van der Waals surface area contributed by atoms with Crippen molar-refractivity contribution in [2.75, 3.05) is 13.1 Å². The number of allylic oxidation sites excluding steroid dienone is 2. The molecule has 0 saturated heterocycles. The van der Waals surface area contributed by atoms with E-state index in [0.717, 1.165) is 67.5 Å². The summed E-state index contributed by atoms with van der Waals surface area (Å²) in [7, 11) is 0. The van der Waals surface area contributed by atoms with Gasteiger partial charge in [0, 0.05) is 55.8 Å². The van der Waals surface area contributed by atoms with Crippen LogP contribution in [-0.4, -0.2) is 63.7 Å².